The van der Waals surface area contributed by atoms with E-state index in [-0.39, 0.29) is 10.8 Å². The lowest BCUT2D eigenvalue weighted by atomic mass is 9.95. The summed E-state index contributed by atoms with van der Waals surface area (Å²) >= 11 is 19.4. The van der Waals surface area contributed by atoms with E-state index in [1.54, 1.807) is 0 Å². The number of nitrogens with zero attached hydrogens (tertiary/aromatic N) is 6. The van der Waals surface area contributed by atoms with Gasteiger partial charge in [-0.1, -0.05) is 156 Å². The summed E-state index contributed by atoms with van der Waals surface area (Å²) in [4.78, 5) is 29.9. The predicted molar refractivity (Wildman–Crippen MR) is 276 cm³/mol. The molecule has 0 saturated heterocycles. The Morgan fingerprint density at radius 3 is 1.45 bits per heavy atom. The molecule has 0 aliphatic heterocycles. The first-order valence-corrected chi connectivity index (χ1v) is 24.1. The van der Waals surface area contributed by atoms with E-state index in [0.717, 1.165) is 111 Å². The minimum absolute atomic E-state index is 0.189. The van der Waals surface area contributed by atoms with Gasteiger partial charge in [0.1, 0.15) is 23.3 Å². The van der Waals surface area contributed by atoms with Crippen LogP contribution in [0.3, 0.4) is 0 Å². The average Bonchev–Trinajstić information content (AvgIpc) is 4.25. The number of halogens is 3. The zero-order chi connectivity index (χ0) is 46.3. The molecule has 336 valence electrons. The van der Waals surface area contributed by atoms with E-state index < -0.39 is 0 Å². The molecule has 0 spiro atoms. The molecule has 0 bridgehead atoms. The summed E-state index contributed by atoms with van der Waals surface area (Å²) in [5, 5.41) is 11.1. The Kier molecular flexibility index (Phi) is 12.8. The van der Waals surface area contributed by atoms with Crippen LogP contribution in [0, 0.1) is 5.92 Å². The molecular weight excluding hydrogens is 879 g/mol. The normalized spacial score (nSPS) is 14.0. The van der Waals surface area contributed by atoms with E-state index in [9.17, 15) is 0 Å². The van der Waals surface area contributed by atoms with Crippen molar-refractivity contribution in [2.24, 2.45) is 5.92 Å². The van der Waals surface area contributed by atoms with Gasteiger partial charge in [-0.25, -0.2) is 29.9 Å². The van der Waals surface area contributed by atoms with Gasteiger partial charge in [0.25, 0.3) is 0 Å². The highest BCUT2D eigenvalue weighted by Gasteiger charge is 2.28. The molecule has 0 radical (unpaired) electrons. The Balaban J connectivity index is 0.000000166. The second-order valence-electron chi connectivity index (χ2n) is 19.6. The molecule has 4 aromatic carbocycles. The van der Waals surface area contributed by atoms with Crippen molar-refractivity contribution in [3.05, 3.63) is 141 Å². The molecule has 4 heterocycles. The maximum absolute atomic E-state index is 6.66. The van der Waals surface area contributed by atoms with Crippen LogP contribution in [0.25, 0.3) is 66.8 Å². The summed E-state index contributed by atoms with van der Waals surface area (Å²) in [6.45, 7) is 15.9. The smallest absolute Gasteiger partial charge is 0.165 e. The van der Waals surface area contributed by atoms with Crippen LogP contribution < -0.4 is 10.6 Å². The summed E-state index contributed by atoms with van der Waals surface area (Å²) in [6, 6.07) is 36.9. The van der Waals surface area contributed by atoms with E-state index in [2.05, 4.69) is 95.5 Å². The Labute approximate surface area is 403 Å². The van der Waals surface area contributed by atoms with Gasteiger partial charge < -0.3 is 10.6 Å². The van der Waals surface area contributed by atoms with Crippen LogP contribution in [-0.4, -0.2) is 42.5 Å². The number of rotatable bonds is 10. The van der Waals surface area contributed by atoms with Gasteiger partial charge in [0.05, 0.1) is 22.2 Å². The molecule has 8 aromatic rings. The number of anilines is 2. The molecule has 66 heavy (non-hydrogen) atoms. The molecule has 2 aliphatic carbocycles. The number of fused-ring (bicyclic) bond motifs is 2. The van der Waals surface area contributed by atoms with Crippen LogP contribution in [0.4, 0.5) is 11.6 Å². The van der Waals surface area contributed by atoms with Gasteiger partial charge in [-0.05, 0) is 91.1 Å². The first kappa shape index (κ1) is 45.5. The summed E-state index contributed by atoms with van der Waals surface area (Å²) in [5.74, 6) is 4.00. The summed E-state index contributed by atoms with van der Waals surface area (Å²) in [5.41, 5.74) is 9.81. The molecule has 0 unspecified atom stereocenters. The van der Waals surface area contributed by atoms with Crippen molar-refractivity contribution in [1.82, 2.24) is 29.9 Å². The van der Waals surface area contributed by atoms with E-state index in [1.165, 1.54) is 18.4 Å². The lowest BCUT2D eigenvalue weighted by Crippen LogP contribution is -2.18. The number of pyridine rings is 2. The van der Waals surface area contributed by atoms with E-state index in [1.807, 2.05) is 72.8 Å². The Morgan fingerprint density at radius 2 is 1.00 bits per heavy atom. The summed E-state index contributed by atoms with van der Waals surface area (Å²) in [7, 11) is 0. The number of benzene rings is 4. The van der Waals surface area contributed by atoms with Crippen LogP contribution >= 0.6 is 34.8 Å². The van der Waals surface area contributed by atoms with Gasteiger partial charge in [0.15, 0.2) is 11.3 Å². The van der Waals surface area contributed by atoms with Crippen LogP contribution in [0.2, 0.25) is 15.1 Å². The molecule has 11 heteroatoms. The van der Waals surface area contributed by atoms with Gasteiger partial charge in [-0.3, -0.25) is 0 Å². The molecule has 4 aromatic heterocycles. The van der Waals surface area contributed by atoms with Crippen LogP contribution in [0.5, 0.6) is 0 Å². The fourth-order valence-corrected chi connectivity index (χ4v) is 8.29. The third-order valence-electron chi connectivity index (χ3n) is 12.0. The van der Waals surface area contributed by atoms with Crippen molar-refractivity contribution in [2.75, 3.05) is 17.2 Å². The zero-order valence-electron chi connectivity index (χ0n) is 38.6. The van der Waals surface area contributed by atoms with Crippen molar-refractivity contribution in [1.29, 1.82) is 0 Å². The van der Waals surface area contributed by atoms with Gasteiger partial charge in [-0.2, -0.15) is 0 Å². The highest BCUT2D eigenvalue weighted by molar-refractivity contribution is 6.34. The minimum Gasteiger partial charge on any atom is -0.369 e. The van der Waals surface area contributed by atoms with Crippen molar-refractivity contribution in [2.45, 2.75) is 97.4 Å². The highest BCUT2D eigenvalue weighted by atomic mass is 35.5. The number of aryl methyl sites for hydroxylation is 1. The SMILES string of the molecule is CC(C)(C)c1nc(NC2CC2)c2cc(-c3ccc(Cl)cc3)c(-c3ccccc3Cl)nc2n1.CCc1ccc(-c2cc3c(NCC4CC4)nc(C(C)(C)C)nc3nc2-c2ccccc2Cl)cc1. The Hall–Kier alpha value is -5.67. The molecule has 2 aliphatic rings. The molecule has 2 fully saturated rings. The molecule has 10 rings (SSSR count). The van der Waals surface area contributed by atoms with Gasteiger partial charge in [0, 0.05) is 60.7 Å². The third-order valence-corrected chi connectivity index (χ3v) is 12.9. The molecule has 0 atom stereocenters. The van der Waals surface area contributed by atoms with Gasteiger partial charge >= 0.3 is 0 Å². The Morgan fingerprint density at radius 1 is 0.530 bits per heavy atom. The highest BCUT2D eigenvalue weighted by Crippen LogP contribution is 2.41. The average molecular weight is 934 g/mol. The third kappa shape index (κ3) is 10.2. The van der Waals surface area contributed by atoms with E-state index in [0.29, 0.717) is 32.4 Å². The van der Waals surface area contributed by atoms with Crippen molar-refractivity contribution >= 4 is 68.5 Å². The first-order chi connectivity index (χ1) is 31.6. The van der Waals surface area contributed by atoms with Crippen molar-refractivity contribution < 1.29 is 0 Å². The first-order valence-electron chi connectivity index (χ1n) is 22.9. The van der Waals surface area contributed by atoms with Gasteiger partial charge in [-0.15, -0.1) is 0 Å². The maximum atomic E-state index is 6.66. The second kappa shape index (κ2) is 18.5. The Bertz CT molecular complexity index is 3060. The topological polar surface area (TPSA) is 101 Å². The molecule has 8 nitrogen and oxygen atoms in total. The number of hydrogen-bond acceptors (Lipinski definition) is 8. The molecule has 2 N–H and O–H groups in total. The predicted octanol–water partition coefficient (Wildman–Crippen LogP) is 15.2. The van der Waals surface area contributed by atoms with Crippen LogP contribution in [0.1, 0.15) is 91.4 Å². The summed E-state index contributed by atoms with van der Waals surface area (Å²) in [6.07, 6.45) is 5.89. The van der Waals surface area contributed by atoms with Crippen LogP contribution in [-0.2, 0) is 17.3 Å². The van der Waals surface area contributed by atoms with E-state index in [4.69, 9.17) is 64.7 Å². The maximum Gasteiger partial charge on any atom is 0.165 e. The van der Waals surface area contributed by atoms with Crippen molar-refractivity contribution in [3.63, 3.8) is 0 Å². The number of hydrogen-bond donors (Lipinski definition) is 2. The van der Waals surface area contributed by atoms with Gasteiger partial charge in [0.2, 0.25) is 0 Å². The number of aromatic nitrogens is 6. The van der Waals surface area contributed by atoms with Crippen molar-refractivity contribution in [3.8, 4) is 44.8 Å². The fourth-order valence-electron chi connectivity index (χ4n) is 7.72. The fraction of sp³-hybridized carbons (Fsp3) is 0.309. The summed E-state index contributed by atoms with van der Waals surface area (Å²) < 4.78 is 0. The number of nitrogens with one attached hydrogen (secondary N) is 2. The molecule has 2 saturated carbocycles. The second-order valence-corrected chi connectivity index (χ2v) is 20.8. The monoisotopic (exact) mass is 932 g/mol. The minimum atomic E-state index is -0.199. The lowest BCUT2D eigenvalue weighted by Gasteiger charge is -2.20. The molecular formula is C55H55Cl3N8. The standard InChI is InChI=1S/C29H31ClN4.C26H24Cl2N4/c1-5-18-12-14-20(15-13-18)22-16-23-26(31-17-19-10-11-19)33-28(29(2,3)4)34-27(23)32-25(22)21-8-6-7-9-24(21)30;1-26(2,3)25-31-23(29-17-12-13-17)20-14-19(15-8-10-16(27)11-9-15)22(30-24(20)32-25)18-6-4-5-7-21(18)28/h6-9,12-16,19H,5,10-11,17H2,1-4H3,(H,31,32,33,34);4-11,14,17H,12-13H2,1-3H3,(H,29,30,31,32). The van der Waals surface area contributed by atoms with Crippen LogP contribution in [0.15, 0.2) is 109 Å². The zero-order valence-corrected chi connectivity index (χ0v) is 40.9. The molecule has 0 amide bonds. The van der Waals surface area contributed by atoms with E-state index >= 15 is 0 Å². The quantitative estimate of drug-likeness (QED) is 0.140. The lowest BCUT2D eigenvalue weighted by molar-refractivity contribution is 0.548. The largest absolute Gasteiger partial charge is 0.369 e.